The molecule has 2 aromatic rings. The van der Waals surface area contributed by atoms with Crippen LogP contribution in [0.4, 0.5) is 11.4 Å². The number of fused-ring (bicyclic) bond motifs is 3. The van der Waals surface area contributed by atoms with Gasteiger partial charge in [0, 0.05) is 0 Å². The summed E-state index contributed by atoms with van der Waals surface area (Å²) in [7, 11) is 0.104. The Hall–Kier alpha value is -2.20. The van der Waals surface area contributed by atoms with Crippen molar-refractivity contribution in [3.05, 3.63) is 47.5 Å². The van der Waals surface area contributed by atoms with Crippen LogP contribution in [-0.4, -0.2) is 25.3 Å². The van der Waals surface area contributed by atoms with Crippen molar-refractivity contribution in [3.8, 4) is 11.1 Å². The van der Waals surface area contributed by atoms with E-state index in [4.69, 9.17) is 0 Å². The summed E-state index contributed by atoms with van der Waals surface area (Å²) in [6.45, 7) is 1.69. The molecule has 0 fully saturated rings. The first-order valence-electron chi connectivity index (χ1n) is 6.86. The van der Waals surface area contributed by atoms with Gasteiger partial charge in [-0.05, 0) is 0 Å². The average Bonchev–Trinajstić information content (AvgIpc) is 2.81. The van der Waals surface area contributed by atoms with Crippen LogP contribution in [0.15, 0.2) is 41.4 Å². The summed E-state index contributed by atoms with van der Waals surface area (Å²) in [5.74, 6) is 0. The molecule has 0 amide bonds. The van der Waals surface area contributed by atoms with Gasteiger partial charge >= 0.3 is 124 Å². The molecule has 0 saturated carbocycles. The van der Waals surface area contributed by atoms with Gasteiger partial charge in [-0.1, -0.05) is 0 Å². The summed E-state index contributed by atoms with van der Waals surface area (Å²) >= 11 is 0. The monoisotopic (exact) mass is 276 g/mol. The van der Waals surface area contributed by atoms with E-state index >= 15 is 0 Å². The molecule has 21 heavy (non-hydrogen) atoms. The molecule has 0 aliphatic heterocycles. The van der Waals surface area contributed by atoms with Crippen LogP contribution >= 0.6 is 0 Å². The van der Waals surface area contributed by atoms with Crippen molar-refractivity contribution < 1.29 is 9.73 Å². The van der Waals surface area contributed by atoms with Crippen molar-refractivity contribution in [2.75, 3.05) is 5.23 Å². The van der Waals surface area contributed by atoms with Gasteiger partial charge in [0.15, 0.2) is 0 Å². The van der Waals surface area contributed by atoms with Crippen LogP contribution in [0.25, 0.3) is 11.1 Å². The zero-order chi connectivity index (χ0) is 14.8. The Kier molecular flexibility index (Phi) is 3.71. The Morgan fingerprint density at radius 3 is 2.67 bits per heavy atom. The molecule has 0 spiro atoms. The summed E-state index contributed by atoms with van der Waals surface area (Å²) in [4.78, 5) is 4.08. The fraction of sp³-hybridized carbons (Fsp3) is 0.133. The molecule has 0 heterocycles. The van der Waals surface area contributed by atoms with E-state index in [1.165, 1.54) is 28.4 Å². The van der Waals surface area contributed by atoms with Gasteiger partial charge in [0.2, 0.25) is 0 Å². The Labute approximate surface area is 124 Å². The van der Waals surface area contributed by atoms with Crippen molar-refractivity contribution in [1.82, 2.24) is 0 Å². The zero-order valence-corrected chi connectivity index (χ0v) is 11.7. The molecule has 1 aliphatic rings. The molecule has 3 rings (SSSR count). The number of hydrogen-bond donors (Lipinski definition) is 2. The van der Waals surface area contributed by atoms with Gasteiger partial charge in [-0.3, -0.25) is 0 Å². The van der Waals surface area contributed by atoms with E-state index in [1.54, 1.807) is 6.82 Å². The minimum atomic E-state index is -0.573. The first-order valence-corrected chi connectivity index (χ1v) is 6.86. The Balaban J connectivity index is 1.93. The third kappa shape index (κ3) is 2.81. The second kappa shape index (κ2) is 5.66. The summed E-state index contributed by atoms with van der Waals surface area (Å²) in [6.07, 6.45) is 2.10. The minimum absolute atomic E-state index is 0.573. The maximum absolute atomic E-state index is 10.3. The molecular formula is C15H14B2N2O2. The van der Waals surface area contributed by atoms with E-state index in [2.05, 4.69) is 22.4 Å². The van der Waals surface area contributed by atoms with Gasteiger partial charge in [-0.25, -0.2) is 0 Å². The molecule has 0 saturated heterocycles. The van der Waals surface area contributed by atoms with Gasteiger partial charge < -0.3 is 0 Å². The summed E-state index contributed by atoms with van der Waals surface area (Å²) in [5.41, 5.74) is 6.56. The number of aliphatic imine (C=N–C) groups is 1. The second-order valence-electron chi connectivity index (χ2n) is 5.12. The van der Waals surface area contributed by atoms with E-state index in [-0.39, 0.29) is 0 Å². The van der Waals surface area contributed by atoms with Crippen molar-refractivity contribution in [3.63, 3.8) is 0 Å². The van der Waals surface area contributed by atoms with Crippen LogP contribution in [0.5, 0.6) is 0 Å². The molecule has 0 aromatic heterocycles. The third-order valence-electron chi connectivity index (χ3n) is 3.53. The molecular weight excluding hydrogens is 262 g/mol. The van der Waals surface area contributed by atoms with E-state index in [1.807, 2.05) is 24.3 Å². The summed E-state index contributed by atoms with van der Waals surface area (Å²) in [6, 6.07) is 12.1. The molecule has 2 N–H and O–H groups in total. The first-order chi connectivity index (χ1) is 10.2. The van der Waals surface area contributed by atoms with Crippen LogP contribution in [0.2, 0.25) is 6.82 Å². The van der Waals surface area contributed by atoms with Gasteiger partial charge in [-0.15, -0.1) is 0 Å². The molecule has 2 aromatic carbocycles. The Morgan fingerprint density at radius 2 is 1.95 bits per heavy atom. The van der Waals surface area contributed by atoms with Crippen LogP contribution in [-0.2, 0) is 11.1 Å². The Morgan fingerprint density at radius 1 is 1.24 bits per heavy atom. The van der Waals surface area contributed by atoms with E-state index in [0.717, 1.165) is 17.8 Å². The number of benzene rings is 2. The summed E-state index contributed by atoms with van der Waals surface area (Å²) in [5, 5.41) is 12.4. The molecule has 1 aliphatic carbocycles. The second-order valence-corrected chi connectivity index (χ2v) is 5.12. The van der Waals surface area contributed by atoms with Gasteiger partial charge in [-0.2, -0.15) is 0 Å². The molecule has 0 atom stereocenters. The average molecular weight is 276 g/mol. The molecule has 0 bridgehead atoms. The topological polar surface area (TPSA) is 61.7 Å². The van der Waals surface area contributed by atoms with Crippen molar-refractivity contribution in [1.29, 1.82) is 0 Å². The van der Waals surface area contributed by atoms with Crippen LogP contribution in [0.3, 0.4) is 0 Å². The molecule has 102 valence electrons. The van der Waals surface area contributed by atoms with Crippen LogP contribution < -0.4 is 5.23 Å². The molecule has 4 nitrogen and oxygen atoms in total. The standard InChI is InChI=1S/C15H14B2N2O2/c1-17(21)19-13-3-5-15-11(8-13)6-10-7-12(18-9-16-20)2-4-14(10)15/h2-5,7-9,19,21H,6H2,1H3/b18-9-. The zero-order valence-electron chi connectivity index (χ0n) is 11.7. The fourth-order valence-electron chi connectivity index (χ4n) is 2.72. The predicted molar refractivity (Wildman–Crippen MR) is 86.7 cm³/mol. The Bertz CT molecular complexity index is 730. The van der Waals surface area contributed by atoms with Crippen molar-refractivity contribution in [2.45, 2.75) is 13.2 Å². The summed E-state index contributed by atoms with van der Waals surface area (Å²) < 4.78 is 10.3. The fourth-order valence-corrected chi connectivity index (χ4v) is 2.72. The van der Waals surface area contributed by atoms with E-state index in [0.29, 0.717) is 7.15 Å². The number of hydrogen-bond acceptors (Lipinski definition) is 4. The van der Waals surface area contributed by atoms with Crippen molar-refractivity contribution >= 4 is 31.7 Å². The molecule has 0 unspecified atom stereocenters. The van der Waals surface area contributed by atoms with Crippen LogP contribution in [0, 0.1) is 0 Å². The molecule has 0 radical (unpaired) electrons. The SMILES string of the molecule is CB(O)Nc1ccc2c(c1)Cc1cc(/N=C\B=O)ccc1-2. The predicted octanol–water partition coefficient (Wildman–Crippen LogP) is 2.49. The maximum atomic E-state index is 10.3. The van der Waals surface area contributed by atoms with E-state index < -0.39 is 7.05 Å². The van der Waals surface area contributed by atoms with Crippen LogP contribution in [0.1, 0.15) is 11.1 Å². The quantitative estimate of drug-likeness (QED) is 0.568. The van der Waals surface area contributed by atoms with Crippen molar-refractivity contribution in [2.24, 2.45) is 4.99 Å². The number of rotatable bonds is 4. The van der Waals surface area contributed by atoms with E-state index in [9.17, 15) is 9.73 Å². The third-order valence-corrected chi connectivity index (χ3v) is 3.53. The van der Waals surface area contributed by atoms with Gasteiger partial charge in [0.25, 0.3) is 0 Å². The van der Waals surface area contributed by atoms with Gasteiger partial charge in [0.05, 0.1) is 0 Å². The normalized spacial score (nSPS) is 11.9. The number of anilines is 1. The first kappa shape index (κ1) is 13.8. The number of nitrogens with one attached hydrogen (secondary N) is 1. The number of nitrogens with zero attached hydrogens (tertiary/aromatic N) is 1. The van der Waals surface area contributed by atoms with Gasteiger partial charge in [0.1, 0.15) is 0 Å². The molecule has 6 heteroatoms.